The lowest BCUT2D eigenvalue weighted by molar-refractivity contribution is 0.101. The molecule has 0 radical (unpaired) electrons. The zero-order valence-electron chi connectivity index (χ0n) is 19.3. The van der Waals surface area contributed by atoms with Gasteiger partial charge in [-0.05, 0) is 65.4 Å². The van der Waals surface area contributed by atoms with Gasteiger partial charge in [-0.15, -0.1) is 5.10 Å². The van der Waals surface area contributed by atoms with Gasteiger partial charge in [0.1, 0.15) is 11.5 Å². The highest BCUT2D eigenvalue weighted by atomic mass is 35.5. The maximum atomic E-state index is 13.3. The number of H-pyrrole nitrogens is 1. The summed E-state index contributed by atoms with van der Waals surface area (Å²) in [6.45, 7) is 0.222. The first-order chi connectivity index (χ1) is 18.4. The third-order valence-electron chi connectivity index (χ3n) is 5.45. The Bertz CT molecular complexity index is 1600. The topological polar surface area (TPSA) is 130 Å². The van der Waals surface area contributed by atoms with Crippen molar-refractivity contribution in [1.29, 1.82) is 0 Å². The molecule has 0 spiro atoms. The van der Waals surface area contributed by atoms with Crippen LogP contribution in [0.1, 0.15) is 26.4 Å². The normalized spacial score (nSPS) is 10.8. The Balaban J connectivity index is 1.42. The van der Waals surface area contributed by atoms with Gasteiger partial charge in [-0.1, -0.05) is 46.5 Å². The third kappa shape index (κ3) is 5.69. The lowest BCUT2D eigenvalue weighted by Gasteiger charge is -2.09. The molecule has 0 fully saturated rings. The average molecular weight is 551 g/mol. The largest absolute Gasteiger partial charge is 0.321 e. The molecule has 2 amide bonds. The molecular formula is C25H17Cl2FN8O2. The van der Waals surface area contributed by atoms with Crippen molar-refractivity contribution in [2.45, 2.75) is 6.54 Å². The molecule has 0 aliphatic heterocycles. The molecule has 3 aromatic carbocycles. The summed E-state index contributed by atoms with van der Waals surface area (Å²) >= 11 is 12.2. The molecule has 0 bridgehead atoms. The number of hydrogen-bond donors (Lipinski definition) is 3. The number of aromatic amines is 1. The monoisotopic (exact) mass is 550 g/mol. The predicted molar refractivity (Wildman–Crippen MR) is 140 cm³/mol. The molecule has 3 N–H and O–H groups in total. The van der Waals surface area contributed by atoms with Crippen LogP contribution in [0.25, 0.3) is 11.3 Å². The second-order valence-corrected chi connectivity index (χ2v) is 8.86. The Morgan fingerprint density at radius 3 is 2.34 bits per heavy atom. The molecule has 2 aromatic heterocycles. The van der Waals surface area contributed by atoms with Crippen molar-refractivity contribution in [3.8, 4) is 11.3 Å². The second-order valence-electron chi connectivity index (χ2n) is 8.05. The molecule has 0 unspecified atom stereocenters. The summed E-state index contributed by atoms with van der Waals surface area (Å²) in [5.74, 6) is -1.20. The van der Waals surface area contributed by atoms with Crippen LogP contribution >= 0.6 is 23.2 Å². The van der Waals surface area contributed by atoms with Crippen LogP contribution in [0.5, 0.6) is 0 Å². The first kappa shape index (κ1) is 25.1. The molecule has 5 aromatic rings. The van der Waals surface area contributed by atoms with E-state index in [1.165, 1.54) is 28.9 Å². The summed E-state index contributed by atoms with van der Waals surface area (Å²) in [4.78, 5) is 25.6. The number of amides is 2. The number of carbonyl (C=O) groups is 2. The molecule has 0 aliphatic carbocycles. The number of anilines is 2. The van der Waals surface area contributed by atoms with Crippen LogP contribution in [0.2, 0.25) is 10.0 Å². The highest BCUT2D eigenvalue weighted by Crippen LogP contribution is 2.29. The Hall–Kier alpha value is -4.61. The summed E-state index contributed by atoms with van der Waals surface area (Å²) < 4.78 is 14.8. The fourth-order valence-corrected chi connectivity index (χ4v) is 3.87. The van der Waals surface area contributed by atoms with Gasteiger partial charge in [0.25, 0.3) is 17.8 Å². The number of tetrazole rings is 1. The number of rotatable bonds is 7. The Kier molecular flexibility index (Phi) is 7.11. The maximum absolute atomic E-state index is 13.3. The van der Waals surface area contributed by atoms with Crippen LogP contribution in [-0.2, 0) is 6.54 Å². The molecule has 10 nitrogen and oxygen atoms in total. The van der Waals surface area contributed by atoms with Crippen molar-refractivity contribution in [3.05, 3.63) is 105 Å². The minimum absolute atomic E-state index is 0.0576. The minimum atomic E-state index is -0.438. The number of carbonyl (C=O) groups excluding carboxylic acids is 2. The number of aromatic nitrogens is 6. The van der Waals surface area contributed by atoms with Crippen LogP contribution in [0.4, 0.5) is 16.0 Å². The molecule has 2 heterocycles. The van der Waals surface area contributed by atoms with Gasteiger partial charge >= 0.3 is 0 Å². The van der Waals surface area contributed by atoms with E-state index in [2.05, 4.69) is 36.4 Å². The molecule has 5 rings (SSSR count). The van der Waals surface area contributed by atoms with Crippen LogP contribution in [0, 0.1) is 5.82 Å². The van der Waals surface area contributed by atoms with Crippen LogP contribution in [0.3, 0.4) is 0 Å². The van der Waals surface area contributed by atoms with Crippen molar-refractivity contribution in [1.82, 2.24) is 30.4 Å². The number of benzene rings is 3. The lowest BCUT2D eigenvalue weighted by atomic mass is 10.1. The SMILES string of the molecule is O=C(Nc1nn[nH]n1)c1ccc(Cn2nc(-c3ccc(Cl)c(Cl)c3)cc2C(=O)Nc2ccc(F)cc2)cc1. The van der Waals surface area contributed by atoms with Crippen LogP contribution in [-0.4, -0.2) is 42.2 Å². The molecule has 0 saturated heterocycles. The summed E-state index contributed by atoms with van der Waals surface area (Å²) in [6.07, 6.45) is 0. The van der Waals surface area contributed by atoms with E-state index in [-0.39, 0.29) is 18.2 Å². The van der Waals surface area contributed by atoms with Gasteiger partial charge in [-0.25, -0.2) is 4.39 Å². The first-order valence-electron chi connectivity index (χ1n) is 11.1. The van der Waals surface area contributed by atoms with E-state index in [1.807, 2.05) is 0 Å². The highest BCUT2D eigenvalue weighted by Gasteiger charge is 2.18. The average Bonchev–Trinajstić information content (AvgIpc) is 3.58. The standard InChI is InChI=1S/C25H17Cl2FN8O2/c26-19-10-5-16(11-20(19)27)21-12-22(24(38)29-18-8-6-17(28)7-9-18)36(33-21)13-14-1-3-15(4-2-14)23(37)30-25-31-34-35-32-25/h1-12H,13H2,(H,29,38)(H2,30,31,32,34,35,37). The van der Waals surface area contributed by atoms with Crippen molar-refractivity contribution >= 4 is 46.7 Å². The van der Waals surface area contributed by atoms with Gasteiger partial charge in [-0.3, -0.25) is 19.6 Å². The fraction of sp³-hybridized carbons (Fsp3) is 0.0400. The van der Waals surface area contributed by atoms with Crippen molar-refractivity contribution < 1.29 is 14.0 Å². The first-order valence-corrected chi connectivity index (χ1v) is 11.9. The van der Waals surface area contributed by atoms with E-state index >= 15 is 0 Å². The maximum Gasteiger partial charge on any atom is 0.273 e. The zero-order chi connectivity index (χ0) is 26.6. The molecule has 190 valence electrons. The Morgan fingerprint density at radius 2 is 1.66 bits per heavy atom. The van der Waals surface area contributed by atoms with E-state index in [1.54, 1.807) is 48.5 Å². The van der Waals surface area contributed by atoms with E-state index in [0.717, 1.165) is 5.56 Å². The summed E-state index contributed by atoms with van der Waals surface area (Å²) in [6, 6.07) is 18.9. The fourth-order valence-electron chi connectivity index (χ4n) is 3.57. The molecule has 38 heavy (non-hydrogen) atoms. The van der Waals surface area contributed by atoms with Crippen LogP contribution < -0.4 is 10.6 Å². The summed E-state index contributed by atoms with van der Waals surface area (Å²) in [7, 11) is 0. The van der Waals surface area contributed by atoms with Gasteiger partial charge in [0.2, 0.25) is 0 Å². The molecule has 13 heteroatoms. The van der Waals surface area contributed by atoms with Gasteiger partial charge in [0.05, 0.1) is 22.3 Å². The molecule has 0 aliphatic rings. The second kappa shape index (κ2) is 10.8. The third-order valence-corrected chi connectivity index (χ3v) is 6.19. The number of halogens is 3. The van der Waals surface area contributed by atoms with E-state index < -0.39 is 17.6 Å². The molecular weight excluding hydrogens is 534 g/mol. The molecule has 0 saturated carbocycles. The lowest BCUT2D eigenvalue weighted by Crippen LogP contribution is -2.18. The summed E-state index contributed by atoms with van der Waals surface area (Å²) in [5, 5.41) is 23.7. The Morgan fingerprint density at radius 1 is 0.895 bits per heavy atom. The minimum Gasteiger partial charge on any atom is -0.321 e. The van der Waals surface area contributed by atoms with E-state index in [9.17, 15) is 14.0 Å². The van der Waals surface area contributed by atoms with E-state index in [0.29, 0.717) is 32.6 Å². The quantitative estimate of drug-likeness (QED) is 0.259. The number of hydrogen-bond acceptors (Lipinski definition) is 6. The zero-order valence-corrected chi connectivity index (χ0v) is 20.8. The highest BCUT2D eigenvalue weighted by molar-refractivity contribution is 6.42. The van der Waals surface area contributed by atoms with Gasteiger partial charge < -0.3 is 5.32 Å². The number of nitrogens with zero attached hydrogens (tertiary/aromatic N) is 5. The van der Waals surface area contributed by atoms with Crippen molar-refractivity contribution in [2.24, 2.45) is 0 Å². The predicted octanol–water partition coefficient (Wildman–Crippen LogP) is 5.06. The van der Waals surface area contributed by atoms with Gasteiger partial charge in [0, 0.05) is 16.8 Å². The number of nitrogens with one attached hydrogen (secondary N) is 3. The Labute approximate surface area is 224 Å². The van der Waals surface area contributed by atoms with Gasteiger partial charge in [-0.2, -0.15) is 10.3 Å². The summed E-state index contributed by atoms with van der Waals surface area (Å²) in [5.41, 5.74) is 3.02. The van der Waals surface area contributed by atoms with Crippen LogP contribution in [0.15, 0.2) is 72.8 Å². The van der Waals surface area contributed by atoms with Crippen molar-refractivity contribution in [3.63, 3.8) is 0 Å². The van der Waals surface area contributed by atoms with Crippen molar-refractivity contribution in [2.75, 3.05) is 10.6 Å². The van der Waals surface area contributed by atoms with E-state index in [4.69, 9.17) is 23.2 Å². The van der Waals surface area contributed by atoms with Gasteiger partial charge in [0.15, 0.2) is 0 Å². The smallest absolute Gasteiger partial charge is 0.273 e. The molecule has 0 atom stereocenters.